The fourth-order valence-corrected chi connectivity index (χ4v) is 2.72. The number of hydrogen-bond donors (Lipinski definition) is 2. The van der Waals surface area contributed by atoms with Crippen LogP contribution in [0.25, 0.3) is 0 Å². The van der Waals surface area contributed by atoms with Crippen LogP contribution in [0.4, 0.5) is 17.3 Å². The number of amides is 1. The lowest BCUT2D eigenvalue weighted by atomic mass is 10.1. The average molecular weight is 371 g/mol. The molecule has 1 aromatic heterocycles. The summed E-state index contributed by atoms with van der Waals surface area (Å²) in [5, 5.41) is 6.08. The van der Waals surface area contributed by atoms with Crippen LogP contribution in [0.1, 0.15) is 29.9 Å². The summed E-state index contributed by atoms with van der Waals surface area (Å²) in [4.78, 5) is 25.4. The Labute approximate surface area is 161 Å². The van der Waals surface area contributed by atoms with Crippen molar-refractivity contribution in [3.63, 3.8) is 0 Å². The molecule has 2 aromatic rings. The molecule has 7 nitrogen and oxygen atoms in total. The molecule has 0 saturated heterocycles. The molecule has 0 fully saturated rings. The quantitative estimate of drug-likeness (QED) is 0.707. The molecular weight excluding hydrogens is 340 g/mol. The molecule has 0 saturated carbocycles. The van der Waals surface area contributed by atoms with E-state index in [4.69, 9.17) is 0 Å². The van der Waals surface area contributed by atoms with Crippen LogP contribution in [0.3, 0.4) is 0 Å². The van der Waals surface area contributed by atoms with E-state index in [1.807, 2.05) is 33.2 Å². The Morgan fingerprint density at radius 2 is 1.89 bits per heavy atom. The Kier molecular flexibility index (Phi) is 7.55. The second-order valence-electron chi connectivity index (χ2n) is 6.62. The zero-order chi connectivity index (χ0) is 19.8. The third-order valence-corrected chi connectivity index (χ3v) is 4.32. The van der Waals surface area contributed by atoms with Gasteiger partial charge >= 0.3 is 0 Å². The topological polar surface area (TPSA) is 73.4 Å². The van der Waals surface area contributed by atoms with E-state index in [9.17, 15) is 4.79 Å². The molecule has 0 aliphatic rings. The van der Waals surface area contributed by atoms with Gasteiger partial charge in [0.25, 0.3) is 5.91 Å². The predicted molar refractivity (Wildman–Crippen MR) is 112 cm³/mol. The zero-order valence-electron chi connectivity index (χ0n) is 16.9. The number of anilines is 3. The molecule has 0 radical (unpaired) electrons. The molecule has 2 N–H and O–H groups in total. The van der Waals surface area contributed by atoms with Crippen molar-refractivity contribution < 1.29 is 4.79 Å². The fourth-order valence-electron chi connectivity index (χ4n) is 2.72. The predicted octanol–water partition coefficient (Wildman–Crippen LogP) is 2.86. The molecule has 2 rings (SSSR count). The van der Waals surface area contributed by atoms with Gasteiger partial charge in [0, 0.05) is 43.8 Å². The molecule has 0 spiro atoms. The fraction of sp³-hybridized carbons (Fsp3) is 0.450. The molecule has 0 atom stereocenters. The van der Waals surface area contributed by atoms with E-state index in [0.717, 1.165) is 36.6 Å². The van der Waals surface area contributed by atoms with E-state index in [1.165, 1.54) is 0 Å². The number of nitrogens with one attached hydrogen (secondary N) is 2. The van der Waals surface area contributed by atoms with Crippen molar-refractivity contribution in [3.05, 3.63) is 41.7 Å². The highest BCUT2D eigenvalue weighted by molar-refractivity contribution is 6.03. The van der Waals surface area contributed by atoms with Crippen molar-refractivity contribution in [2.75, 3.05) is 55.8 Å². The van der Waals surface area contributed by atoms with Crippen molar-refractivity contribution >= 4 is 23.2 Å². The van der Waals surface area contributed by atoms with Crippen molar-refractivity contribution in [2.45, 2.75) is 20.8 Å². The van der Waals surface area contributed by atoms with Crippen molar-refractivity contribution in [3.8, 4) is 0 Å². The zero-order valence-corrected chi connectivity index (χ0v) is 16.9. The highest BCUT2D eigenvalue weighted by atomic mass is 16.1. The summed E-state index contributed by atoms with van der Waals surface area (Å²) in [6, 6.07) is 7.69. The normalized spacial score (nSPS) is 10.7. The minimum Gasteiger partial charge on any atom is -0.372 e. The van der Waals surface area contributed by atoms with E-state index in [-0.39, 0.29) is 5.91 Å². The van der Waals surface area contributed by atoms with Crippen LogP contribution in [0.15, 0.2) is 30.5 Å². The Balaban J connectivity index is 2.06. The van der Waals surface area contributed by atoms with Gasteiger partial charge in [-0.25, -0.2) is 9.97 Å². The van der Waals surface area contributed by atoms with E-state index in [0.29, 0.717) is 18.2 Å². The van der Waals surface area contributed by atoms with Gasteiger partial charge in [-0.3, -0.25) is 4.79 Å². The van der Waals surface area contributed by atoms with Crippen LogP contribution in [0.2, 0.25) is 0 Å². The molecule has 1 heterocycles. The molecule has 0 unspecified atom stereocenters. The molecule has 0 aliphatic carbocycles. The molecule has 146 valence electrons. The van der Waals surface area contributed by atoms with Crippen molar-refractivity contribution in [1.29, 1.82) is 0 Å². The SMILES string of the molecule is CCN(CC)c1ccc(NC(=O)c2ccnc(NCCN(C)C)n2)c(C)c1. The van der Waals surface area contributed by atoms with Crippen LogP contribution in [-0.2, 0) is 0 Å². The van der Waals surface area contributed by atoms with Gasteiger partial charge in [-0.1, -0.05) is 0 Å². The van der Waals surface area contributed by atoms with Crippen LogP contribution < -0.4 is 15.5 Å². The minimum absolute atomic E-state index is 0.244. The first-order valence-electron chi connectivity index (χ1n) is 9.33. The third kappa shape index (κ3) is 5.92. The van der Waals surface area contributed by atoms with Gasteiger partial charge < -0.3 is 20.4 Å². The second-order valence-corrected chi connectivity index (χ2v) is 6.62. The molecule has 27 heavy (non-hydrogen) atoms. The smallest absolute Gasteiger partial charge is 0.274 e. The summed E-state index contributed by atoms with van der Waals surface area (Å²) in [5.74, 6) is 0.213. The first-order chi connectivity index (χ1) is 12.9. The lowest BCUT2D eigenvalue weighted by molar-refractivity contribution is 0.102. The van der Waals surface area contributed by atoms with E-state index in [2.05, 4.69) is 50.3 Å². The van der Waals surface area contributed by atoms with Crippen LogP contribution in [-0.4, -0.2) is 61.0 Å². The van der Waals surface area contributed by atoms with Gasteiger partial charge in [-0.15, -0.1) is 0 Å². The van der Waals surface area contributed by atoms with Gasteiger partial charge in [0.15, 0.2) is 0 Å². The maximum absolute atomic E-state index is 12.6. The third-order valence-electron chi connectivity index (χ3n) is 4.32. The highest BCUT2D eigenvalue weighted by Crippen LogP contribution is 2.23. The molecule has 0 aliphatic heterocycles. The summed E-state index contributed by atoms with van der Waals surface area (Å²) >= 11 is 0. The van der Waals surface area contributed by atoms with E-state index >= 15 is 0 Å². The second kappa shape index (κ2) is 9.87. The lowest BCUT2D eigenvalue weighted by Crippen LogP contribution is -2.22. The van der Waals surface area contributed by atoms with Gasteiger partial charge in [0.2, 0.25) is 5.95 Å². The Hall–Kier alpha value is -2.67. The lowest BCUT2D eigenvalue weighted by Gasteiger charge is -2.22. The maximum atomic E-state index is 12.6. The van der Waals surface area contributed by atoms with Gasteiger partial charge in [-0.05, 0) is 64.7 Å². The molecular formula is C20H30N6O. The first kappa shape index (κ1) is 20.6. The van der Waals surface area contributed by atoms with Crippen LogP contribution in [0, 0.1) is 6.92 Å². The summed E-state index contributed by atoms with van der Waals surface area (Å²) < 4.78 is 0. The number of aromatic nitrogens is 2. The highest BCUT2D eigenvalue weighted by Gasteiger charge is 2.12. The van der Waals surface area contributed by atoms with Gasteiger partial charge in [0.05, 0.1) is 0 Å². The Bertz CT molecular complexity index is 758. The minimum atomic E-state index is -0.244. The number of benzene rings is 1. The Morgan fingerprint density at radius 1 is 1.15 bits per heavy atom. The molecule has 1 aromatic carbocycles. The molecule has 0 bridgehead atoms. The van der Waals surface area contributed by atoms with Crippen molar-refractivity contribution in [2.24, 2.45) is 0 Å². The number of nitrogens with zero attached hydrogens (tertiary/aromatic N) is 4. The van der Waals surface area contributed by atoms with E-state index in [1.54, 1.807) is 12.3 Å². The summed E-state index contributed by atoms with van der Waals surface area (Å²) in [7, 11) is 4.00. The standard InChI is InChI=1S/C20H30N6O/c1-6-26(7-2)16-8-9-17(15(3)14-16)23-19(27)18-10-11-21-20(24-18)22-12-13-25(4)5/h8-11,14H,6-7,12-13H2,1-5H3,(H,23,27)(H,21,22,24). The summed E-state index contributed by atoms with van der Waals surface area (Å²) in [5.41, 5.74) is 3.30. The van der Waals surface area contributed by atoms with E-state index < -0.39 is 0 Å². The number of carbonyl (C=O) groups excluding carboxylic acids is 1. The van der Waals surface area contributed by atoms with Crippen LogP contribution >= 0.6 is 0 Å². The average Bonchev–Trinajstić information content (AvgIpc) is 2.64. The van der Waals surface area contributed by atoms with Crippen molar-refractivity contribution in [1.82, 2.24) is 14.9 Å². The number of aryl methyl sites for hydroxylation is 1. The number of rotatable bonds is 9. The summed E-state index contributed by atoms with van der Waals surface area (Å²) in [6.07, 6.45) is 1.59. The Morgan fingerprint density at radius 3 is 2.52 bits per heavy atom. The first-order valence-corrected chi connectivity index (χ1v) is 9.33. The number of carbonyl (C=O) groups is 1. The molecule has 1 amide bonds. The largest absolute Gasteiger partial charge is 0.372 e. The van der Waals surface area contributed by atoms with Crippen LogP contribution in [0.5, 0.6) is 0 Å². The van der Waals surface area contributed by atoms with Gasteiger partial charge in [0.1, 0.15) is 5.69 Å². The summed E-state index contributed by atoms with van der Waals surface area (Å²) in [6.45, 7) is 9.73. The number of likely N-dealkylation sites (N-methyl/N-ethyl adjacent to an activating group) is 1. The van der Waals surface area contributed by atoms with Gasteiger partial charge in [-0.2, -0.15) is 0 Å². The molecule has 7 heteroatoms. The maximum Gasteiger partial charge on any atom is 0.274 e. The number of hydrogen-bond acceptors (Lipinski definition) is 6. The monoisotopic (exact) mass is 370 g/mol.